The second kappa shape index (κ2) is 18.0. The number of rotatable bonds is 16. The lowest BCUT2D eigenvalue weighted by Crippen LogP contribution is -2.37. The summed E-state index contributed by atoms with van der Waals surface area (Å²) in [5.41, 5.74) is 1.27. The molecule has 0 aliphatic carbocycles. The van der Waals surface area contributed by atoms with E-state index in [-0.39, 0.29) is 12.4 Å². The van der Waals surface area contributed by atoms with Crippen LogP contribution in [0.2, 0.25) is 0 Å². The highest BCUT2D eigenvalue weighted by Crippen LogP contribution is 2.18. The summed E-state index contributed by atoms with van der Waals surface area (Å²) in [5.74, 6) is 1.05. The van der Waals surface area contributed by atoms with Crippen LogP contribution >= 0.6 is 12.4 Å². The second-order valence-corrected chi connectivity index (χ2v) is 7.92. The first-order valence-corrected chi connectivity index (χ1v) is 11.6. The van der Waals surface area contributed by atoms with Crippen molar-refractivity contribution in [3.05, 3.63) is 29.8 Å². The largest absolute Gasteiger partial charge is 0.493 e. The number of hydrogen-bond acceptors (Lipinski definition) is 4. The van der Waals surface area contributed by atoms with Gasteiger partial charge in [-0.2, -0.15) is 0 Å². The van der Waals surface area contributed by atoms with E-state index in [1.54, 1.807) is 0 Å². The Balaban J connectivity index is 0.00000420. The number of hydrogen-bond donors (Lipinski definition) is 1. The topological polar surface area (TPSA) is 33.7 Å². The van der Waals surface area contributed by atoms with E-state index >= 15 is 0 Å². The Morgan fingerprint density at radius 2 is 1.62 bits per heavy atom. The van der Waals surface area contributed by atoms with Crippen molar-refractivity contribution in [2.75, 3.05) is 46.0 Å². The summed E-state index contributed by atoms with van der Waals surface area (Å²) in [7, 11) is 0. The Hall–Kier alpha value is -0.810. The maximum atomic E-state index is 6.07. The molecular weight excluding hydrogens is 384 g/mol. The van der Waals surface area contributed by atoms with Crippen molar-refractivity contribution in [1.82, 2.24) is 10.2 Å². The minimum Gasteiger partial charge on any atom is -0.493 e. The van der Waals surface area contributed by atoms with Crippen molar-refractivity contribution in [3.63, 3.8) is 0 Å². The van der Waals surface area contributed by atoms with Gasteiger partial charge in [0.15, 0.2) is 0 Å². The van der Waals surface area contributed by atoms with Crippen molar-refractivity contribution >= 4 is 12.4 Å². The van der Waals surface area contributed by atoms with Crippen LogP contribution in [0.4, 0.5) is 0 Å². The van der Waals surface area contributed by atoms with Gasteiger partial charge in [-0.25, -0.2) is 0 Å². The minimum absolute atomic E-state index is 0. The highest BCUT2D eigenvalue weighted by molar-refractivity contribution is 5.85. The van der Waals surface area contributed by atoms with Crippen LogP contribution in [-0.2, 0) is 11.3 Å². The Bertz CT molecular complexity index is 496. The van der Waals surface area contributed by atoms with Crippen LogP contribution in [0.15, 0.2) is 24.3 Å². The molecule has 1 aliphatic heterocycles. The Morgan fingerprint density at radius 3 is 2.38 bits per heavy atom. The quantitative estimate of drug-likeness (QED) is 0.357. The molecule has 0 saturated carbocycles. The van der Waals surface area contributed by atoms with Gasteiger partial charge in [0.25, 0.3) is 0 Å². The smallest absolute Gasteiger partial charge is 0.123 e. The molecule has 2 rings (SSSR count). The van der Waals surface area contributed by atoms with Crippen LogP contribution in [0.1, 0.15) is 70.3 Å². The first kappa shape index (κ1) is 26.2. The maximum Gasteiger partial charge on any atom is 0.123 e. The van der Waals surface area contributed by atoms with Crippen LogP contribution < -0.4 is 10.1 Å². The van der Waals surface area contributed by atoms with Crippen LogP contribution in [0.3, 0.4) is 0 Å². The zero-order chi connectivity index (χ0) is 19.7. The van der Waals surface area contributed by atoms with Crippen molar-refractivity contribution in [3.8, 4) is 5.75 Å². The number of halogens is 1. The summed E-state index contributed by atoms with van der Waals surface area (Å²) >= 11 is 0. The van der Waals surface area contributed by atoms with Crippen LogP contribution in [0, 0.1) is 0 Å². The summed E-state index contributed by atoms with van der Waals surface area (Å²) in [5, 5.41) is 3.58. The molecule has 1 aromatic rings. The third-order valence-electron chi connectivity index (χ3n) is 5.48. The lowest BCUT2D eigenvalue weighted by molar-refractivity contribution is 0.0374. The predicted octanol–water partition coefficient (Wildman–Crippen LogP) is 5.44. The monoisotopic (exact) mass is 426 g/mol. The maximum absolute atomic E-state index is 6.07. The molecule has 4 nitrogen and oxygen atoms in total. The fraction of sp³-hybridized carbons (Fsp3) is 0.750. The Kier molecular flexibility index (Phi) is 16.3. The molecule has 1 N–H and O–H groups in total. The van der Waals surface area contributed by atoms with E-state index in [1.807, 2.05) is 0 Å². The fourth-order valence-corrected chi connectivity index (χ4v) is 3.68. The summed E-state index contributed by atoms with van der Waals surface area (Å²) in [6.07, 6.45) is 11.9. The first-order valence-electron chi connectivity index (χ1n) is 11.6. The molecule has 0 radical (unpaired) electrons. The number of ether oxygens (including phenoxy) is 2. The highest BCUT2D eigenvalue weighted by atomic mass is 35.5. The fourth-order valence-electron chi connectivity index (χ4n) is 3.68. The van der Waals surface area contributed by atoms with Gasteiger partial charge < -0.3 is 14.8 Å². The zero-order valence-electron chi connectivity index (χ0n) is 18.5. The van der Waals surface area contributed by atoms with Gasteiger partial charge in [-0.15, -0.1) is 12.4 Å². The molecule has 1 fully saturated rings. The van der Waals surface area contributed by atoms with E-state index in [9.17, 15) is 0 Å². The number of nitrogens with zero attached hydrogens (tertiary/aromatic N) is 1. The second-order valence-electron chi connectivity index (χ2n) is 7.92. The van der Waals surface area contributed by atoms with E-state index in [2.05, 4.69) is 41.4 Å². The van der Waals surface area contributed by atoms with E-state index in [0.29, 0.717) is 0 Å². The molecule has 0 unspecified atom stereocenters. The lowest BCUT2D eigenvalue weighted by Gasteiger charge is -2.26. The summed E-state index contributed by atoms with van der Waals surface area (Å²) < 4.78 is 11.5. The van der Waals surface area contributed by atoms with Gasteiger partial charge in [-0.3, -0.25) is 4.90 Å². The van der Waals surface area contributed by atoms with Crippen LogP contribution in [0.5, 0.6) is 5.75 Å². The van der Waals surface area contributed by atoms with E-state index in [4.69, 9.17) is 9.47 Å². The number of benzene rings is 1. The molecule has 1 aliphatic rings. The highest BCUT2D eigenvalue weighted by Gasteiger charge is 2.09. The standard InChI is InChI=1S/C24H42N2O2.ClH/c1-2-3-4-5-6-7-8-11-19-28-24-14-10-9-13-23(24)22-25-15-12-16-26-17-20-27-21-18-26;/h9-10,13-14,25H,2-8,11-12,15-22H2,1H3;1H. The first-order chi connectivity index (χ1) is 13.9. The van der Waals surface area contributed by atoms with E-state index < -0.39 is 0 Å². The molecule has 1 aromatic carbocycles. The normalized spacial score (nSPS) is 14.5. The summed E-state index contributed by atoms with van der Waals surface area (Å²) in [6, 6.07) is 8.46. The molecule has 0 atom stereocenters. The molecule has 168 valence electrons. The van der Waals surface area contributed by atoms with Crippen molar-refractivity contribution in [1.29, 1.82) is 0 Å². The number of unbranched alkanes of at least 4 members (excludes halogenated alkanes) is 7. The van der Waals surface area contributed by atoms with Gasteiger partial charge in [-0.1, -0.05) is 70.1 Å². The molecule has 1 heterocycles. The van der Waals surface area contributed by atoms with Crippen molar-refractivity contribution in [2.24, 2.45) is 0 Å². The third-order valence-corrected chi connectivity index (χ3v) is 5.48. The summed E-state index contributed by atoms with van der Waals surface area (Å²) in [4.78, 5) is 2.49. The van der Waals surface area contributed by atoms with E-state index in [1.165, 1.54) is 56.9 Å². The molecule has 0 amide bonds. The predicted molar refractivity (Wildman–Crippen MR) is 125 cm³/mol. The van der Waals surface area contributed by atoms with Crippen molar-refractivity contribution in [2.45, 2.75) is 71.3 Å². The number of nitrogens with one attached hydrogen (secondary N) is 1. The Morgan fingerprint density at radius 1 is 0.931 bits per heavy atom. The Labute approximate surface area is 185 Å². The van der Waals surface area contributed by atoms with E-state index in [0.717, 1.165) is 64.7 Å². The molecule has 29 heavy (non-hydrogen) atoms. The SMILES string of the molecule is CCCCCCCCCCOc1ccccc1CNCCCN1CCOCC1.Cl. The van der Waals surface area contributed by atoms with Gasteiger partial charge in [-0.05, 0) is 32.0 Å². The van der Waals surface area contributed by atoms with Gasteiger partial charge in [0.2, 0.25) is 0 Å². The zero-order valence-corrected chi connectivity index (χ0v) is 19.3. The molecule has 0 bridgehead atoms. The molecular formula is C24H43ClN2O2. The third kappa shape index (κ3) is 12.5. The average molecular weight is 427 g/mol. The van der Waals surface area contributed by atoms with Gasteiger partial charge >= 0.3 is 0 Å². The molecule has 5 heteroatoms. The lowest BCUT2D eigenvalue weighted by atomic mass is 10.1. The summed E-state index contributed by atoms with van der Waals surface area (Å²) in [6.45, 7) is 10.1. The molecule has 0 spiro atoms. The van der Waals surface area contributed by atoms with Crippen LogP contribution in [0.25, 0.3) is 0 Å². The average Bonchev–Trinajstić information content (AvgIpc) is 2.74. The molecule has 0 aromatic heterocycles. The van der Waals surface area contributed by atoms with Gasteiger partial charge in [0, 0.05) is 25.2 Å². The molecule has 1 saturated heterocycles. The number of para-hydroxylation sites is 1. The van der Waals surface area contributed by atoms with Crippen molar-refractivity contribution < 1.29 is 9.47 Å². The minimum atomic E-state index is 0. The van der Waals surface area contributed by atoms with Gasteiger partial charge in [0.05, 0.1) is 19.8 Å². The van der Waals surface area contributed by atoms with Crippen LogP contribution in [-0.4, -0.2) is 50.9 Å². The number of morpholine rings is 1. The van der Waals surface area contributed by atoms with Gasteiger partial charge in [0.1, 0.15) is 5.75 Å².